The summed E-state index contributed by atoms with van der Waals surface area (Å²) in [6, 6.07) is 5.58. The number of amides is 1. The fourth-order valence-electron chi connectivity index (χ4n) is 1.57. The molecule has 0 bridgehead atoms. The number of pyridine rings is 1. The van der Waals surface area contributed by atoms with Gasteiger partial charge in [-0.1, -0.05) is 6.92 Å². The van der Waals surface area contributed by atoms with Crippen molar-refractivity contribution in [1.82, 2.24) is 20.1 Å². The molecule has 1 amide bonds. The fourth-order valence-corrected chi connectivity index (χ4v) is 1.57. The molecule has 0 radical (unpaired) electrons. The summed E-state index contributed by atoms with van der Waals surface area (Å²) in [4.78, 5) is 15.9. The van der Waals surface area contributed by atoms with Crippen molar-refractivity contribution in [3.8, 4) is 5.82 Å². The number of nitrogens with one attached hydrogen (secondary N) is 1. The van der Waals surface area contributed by atoms with Crippen LogP contribution in [0.1, 0.15) is 12.5 Å². The molecule has 0 spiro atoms. The molecule has 1 unspecified atom stereocenters. The van der Waals surface area contributed by atoms with E-state index in [2.05, 4.69) is 15.4 Å². The summed E-state index contributed by atoms with van der Waals surface area (Å²) < 4.78 is 1.67. The van der Waals surface area contributed by atoms with Crippen molar-refractivity contribution in [3.63, 3.8) is 0 Å². The van der Waals surface area contributed by atoms with Crippen LogP contribution in [0.4, 0.5) is 0 Å². The second kappa shape index (κ2) is 6.10. The SMILES string of the molecule is CC(CN)C(=O)NCc1ccnc(-n2cccn2)c1. The number of carbonyl (C=O) groups is 1. The number of nitrogens with zero attached hydrogens (tertiary/aromatic N) is 3. The van der Waals surface area contributed by atoms with Crippen LogP contribution in [0.3, 0.4) is 0 Å². The number of rotatable bonds is 5. The minimum atomic E-state index is -0.174. The van der Waals surface area contributed by atoms with Crippen LogP contribution < -0.4 is 11.1 Å². The van der Waals surface area contributed by atoms with Gasteiger partial charge < -0.3 is 11.1 Å². The first-order valence-corrected chi connectivity index (χ1v) is 6.13. The monoisotopic (exact) mass is 259 g/mol. The third-order valence-corrected chi connectivity index (χ3v) is 2.82. The molecule has 0 fully saturated rings. The summed E-state index contributed by atoms with van der Waals surface area (Å²) in [7, 11) is 0. The third-order valence-electron chi connectivity index (χ3n) is 2.82. The summed E-state index contributed by atoms with van der Waals surface area (Å²) >= 11 is 0. The standard InChI is InChI=1S/C13H17N5O/c1-10(8-14)13(19)16-9-11-3-5-15-12(7-11)18-6-2-4-17-18/h2-7,10H,8-9,14H2,1H3,(H,16,19). The van der Waals surface area contributed by atoms with Crippen LogP contribution in [0.2, 0.25) is 0 Å². The van der Waals surface area contributed by atoms with E-state index < -0.39 is 0 Å². The van der Waals surface area contributed by atoms with E-state index in [1.807, 2.05) is 24.4 Å². The van der Waals surface area contributed by atoms with E-state index in [0.717, 1.165) is 11.4 Å². The number of carbonyl (C=O) groups excluding carboxylic acids is 1. The Labute approximate surface area is 111 Å². The van der Waals surface area contributed by atoms with Gasteiger partial charge in [-0.3, -0.25) is 4.79 Å². The van der Waals surface area contributed by atoms with Crippen molar-refractivity contribution in [2.24, 2.45) is 11.7 Å². The Bertz CT molecular complexity index is 538. The molecule has 0 saturated heterocycles. The van der Waals surface area contributed by atoms with Crippen molar-refractivity contribution in [1.29, 1.82) is 0 Å². The van der Waals surface area contributed by atoms with E-state index >= 15 is 0 Å². The molecule has 0 aliphatic heterocycles. The van der Waals surface area contributed by atoms with Crippen molar-refractivity contribution in [3.05, 3.63) is 42.4 Å². The number of hydrogen-bond donors (Lipinski definition) is 2. The first-order valence-electron chi connectivity index (χ1n) is 6.13. The molecule has 2 aromatic heterocycles. The van der Waals surface area contributed by atoms with Gasteiger partial charge in [0, 0.05) is 37.6 Å². The Balaban J connectivity index is 2.02. The summed E-state index contributed by atoms with van der Waals surface area (Å²) in [6.07, 6.45) is 5.21. The van der Waals surface area contributed by atoms with Gasteiger partial charge in [-0.05, 0) is 23.8 Å². The average molecular weight is 259 g/mol. The maximum Gasteiger partial charge on any atom is 0.224 e. The Morgan fingerprint density at radius 2 is 2.37 bits per heavy atom. The molecule has 0 saturated carbocycles. The van der Waals surface area contributed by atoms with Gasteiger partial charge in [0.05, 0.1) is 0 Å². The summed E-state index contributed by atoms with van der Waals surface area (Å²) in [5.41, 5.74) is 6.42. The number of hydrogen-bond acceptors (Lipinski definition) is 4. The highest BCUT2D eigenvalue weighted by atomic mass is 16.1. The normalized spacial score (nSPS) is 12.1. The van der Waals surface area contributed by atoms with Gasteiger partial charge in [-0.2, -0.15) is 5.10 Å². The summed E-state index contributed by atoms with van der Waals surface area (Å²) in [5, 5.41) is 6.96. The van der Waals surface area contributed by atoms with Crippen LogP contribution in [0.25, 0.3) is 5.82 Å². The molecule has 100 valence electrons. The van der Waals surface area contributed by atoms with Crippen LogP contribution in [0.15, 0.2) is 36.8 Å². The van der Waals surface area contributed by atoms with E-state index in [1.165, 1.54) is 0 Å². The van der Waals surface area contributed by atoms with Crippen molar-refractivity contribution in [2.45, 2.75) is 13.5 Å². The second-order valence-corrected chi connectivity index (χ2v) is 4.33. The molecule has 6 nitrogen and oxygen atoms in total. The quantitative estimate of drug-likeness (QED) is 0.817. The Morgan fingerprint density at radius 3 is 3.05 bits per heavy atom. The maximum atomic E-state index is 11.6. The highest BCUT2D eigenvalue weighted by molar-refractivity contribution is 5.78. The largest absolute Gasteiger partial charge is 0.352 e. The summed E-state index contributed by atoms with van der Waals surface area (Å²) in [5.74, 6) is 0.510. The molecule has 2 aromatic rings. The van der Waals surface area contributed by atoms with Gasteiger partial charge in [0.1, 0.15) is 0 Å². The van der Waals surface area contributed by atoms with E-state index in [-0.39, 0.29) is 11.8 Å². The van der Waals surface area contributed by atoms with Gasteiger partial charge in [0.25, 0.3) is 0 Å². The summed E-state index contributed by atoms with van der Waals surface area (Å²) in [6.45, 7) is 2.61. The van der Waals surface area contributed by atoms with Crippen LogP contribution in [-0.2, 0) is 11.3 Å². The zero-order valence-electron chi connectivity index (χ0n) is 10.8. The van der Waals surface area contributed by atoms with Crippen LogP contribution in [0, 0.1) is 5.92 Å². The molecule has 0 aliphatic carbocycles. The van der Waals surface area contributed by atoms with Crippen LogP contribution in [-0.4, -0.2) is 27.2 Å². The van der Waals surface area contributed by atoms with Gasteiger partial charge in [0.15, 0.2) is 5.82 Å². The molecule has 2 rings (SSSR count). The Hall–Kier alpha value is -2.21. The van der Waals surface area contributed by atoms with Gasteiger partial charge in [-0.15, -0.1) is 0 Å². The molecular formula is C13H17N5O. The van der Waals surface area contributed by atoms with E-state index in [4.69, 9.17) is 5.73 Å². The number of nitrogens with two attached hydrogens (primary N) is 1. The lowest BCUT2D eigenvalue weighted by Crippen LogP contribution is -2.32. The highest BCUT2D eigenvalue weighted by Gasteiger charge is 2.10. The van der Waals surface area contributed by atoms with Gasteiger partial charge in [-0.25, -0.2) is 9.67 Å². The zero-order chi connectivity index (χ0) is 13.7. The van der Waals surface area contributed by atoms with E-state index in [0.29, 0.717) is 13.1 Å². The van der Waals surface area contributed by atoms with Gasteiger partial charge in [0.2, 0.25) is 5.91 Å². The minimum absolute atomic E-state index is 0.0417. The van der Waals surface area contributed by atoms with E-state index in [1.54, 1.807) is 24.0 Å². The molecule has 19 heavy (non-hydrogen) atoms. The van der Waals surface area contributed by atoms with Crippen molar-refractivity contribution < 1.29 is 4.79 Å². The smallest absolute Gasteiger partial charge is 0.224 e. The predicted octanol–water partition coefficient (Wildman–Crippen LogP) is 0.478. The lowest BCUT2D eigenvalue weighted by Gasteiger charge is -2.10. The Kier molecular flexibility index (Phi) is 4.25. The van der Waals surface area contributed by atoms with E-state index in [9.17, 15) is 4.79 Å². The first-order chi connectivity index (χ1) is 9.20. The first kappa shape index (κ1) is 13.2. The molecular weight excluding hydrogens is 242 g/mol. The lowest BCUT2D eigenvalue weighted by molar-refractivity contribution is -0.124. The topological polar surface area (TPSA) is 85.8 Å². The second-order valence-electron chi connectivity index (χ2n) is 4.33. The zero-order valence-corrected chi connectivity index (χ0v) is 10.8. The molecule has 6 heteroatoms. The van der Waals surface area contributed by atoms with Gasteiger partial charge >= 0.3 is 0 Å². The minimum Gasteiger partial charge on any atom is -0.352 e. The molecule has 2 heterocycles. The van der Waals surface area contributed by atoms with Crippen molar-refractivity contribution in [2.75, 3.05) is 6.54 Å². The average Bonchev–Trinajstić information content (AvgIpc) is 2.98. The maximum absolute atomic E-state index is 11.6. The Morgan fingerprint density at radius 1 is 1.53 bits per heavy atom. The lowest BCUT2D eigenvalue weighted by atomic mass is 10.1. The third kappa shape index (κ3) is 3.38. The molecule has 1 atom stereocenters. The van der Waals surface area contributed by atoms with Crippen LogP contribution in [0.5, 0.6) is 0 Å². The molecule has 0 aromatic carbocycles. The highest BCUT2D eigenvalue weighted by Crippen LogP contribution is 2.06. The molecule has 0 aliphatic rings. The predicted molar refractivity (Wildman–Crippen MR) is 71.4 cm³/mol. The fraction of sp³-hybridized carbons (Fsp3) is 0.308. The molecule has 3 N–H and O–H groups in total. The van der Waals surface area contributed by atoms with Crippen LogP contribution >= 0.6 is 0 Å². The van der Waals surface area contributed by atoms with Crippen molar-refractivity contribution >= 4 is 5.91 Å². The number of aromatic nitrogens is 3.